The van der Waals surface area contributed by atoms with E-state index in [0.29, 0.717) is 18.8 Å². The molecule has 2 aromatic heterocycles. The summed E-state index contributed by atoms with van der Waals surface area (Å²) >= 11 is 0. The van der Waals surface area contributed by atoms with Crippen LogP contribution in [0.4, 0.5) is 0 Å². The first-order chi connectivity index (χ1) is 12.2. The highest BCUT2D eigenvalue weighted by Gasteiger charge is 2.19. The molecule has 0 aliphatic carbocycles. The summed E-state index contributed by atoms with van der Waals surface area (Å²) in [4.78, 5) is 17.2. The van der Waals surface area contributed by atoms with Gasteiger partial charge in [-0.2, -0.15) is 0 Å². The Labute approximate surface area is 146 Å². The Morgan fingerprint density at radius 1 is 1.16 bits per heavy atom. The molecule has 3 aromatic rings. The van der Waals surface area contributed by atoms with Crippen molar-refractivity contribution in [3.63, 3.8) is 0 Å². The molecule has 0 unspecified atom stereocenters. The molecule has 0 aliphatic rings. The molecule has 1 N–H and O–H groups in total. The van der Waals surface area contributed by atoms with E-state index in [1.165, 1.54) is 0 Å². The summed E-state index contributed by atoms with van der Waals surface area (Å²) in [5.41, 5.74) is 2.81. The van der Waals surface area contributed by atoms with Crippen LogP contribution in [-0.4, -0.2) is 42.7 Å². The highest BCUT2D eigenvalue weighted by molar-refractivity contribution is 5.99. The van der Waals surface area contributed by atoms with E-state index in [2.05, 4.69) is 10.3 Å². The third-order valence-corrected chi connectivity index (χ3v) is 3.92. The molecule has 130 valence electrons. The number of benzene rings is 1. The van der Waals surface area contributed by atoms with Gasteiger partial charge in [0, 0.05) is 32.0 Å². The van der Waals surface area contributed by atoms with Crippen molar-refractivity contribution in [3.8, 4) is 17.0 Å². The maximum Gasteiger partial charge on any atom is 0.272 e. The maximum atomic E-state index is 12.6. The van der Waals surface area contributed by atoms with Crippen molar-refractivity contribution in [1.82, 2.24) is 14.7 Å². The molecule has 0 aliphatic heterocycles. The quantitative estimate of drug-likeness (QED) is 0.672. The number of rotatable bonds is 7. The second-order valence-corrected chi connectivity index (χ2v) is 5.57. The molecule has 0 atom stereocenters. The molecule has 0 saturated carbocycles. The Hall–Kier alpha value is -2.86. The molecule has 0 spiro atoms. The van der Waals surface area contributed by atoms with Crippen LogP contribution in [0, 0.1) is 0 Å². The molecule has 1 amide bonds. The summed E-state index contributed by atoms with van der Waals surface area (Å²) in [6.45, 7) is 1.15. The van der Waals surface area contributed by atoms with Crippen LogP contribution < -0.4 is 10.1 Å². The number of aromatic nitrogens is 2. The van der Waals surface area contributed by atoms with E-state index >= 15 is 0 Å². The first kappa shape index (κ1) is 17.0. The zero-order chi connectivity index (χ0) is 17.6. The Morgan fingerprint density at radius 3 is 2.68 bits per heavy atom. The number of nitrogens with zero attached hydrogens (tertiary/aromatic N) is 2. The van der Waals surface area contributed by atoms with Gasteiger partial charge in [-0.25, -0.2) is 4.98 Å². The summed E-state index contributed by atoms with van der Waals surface area (Å²) in [6.07, 6.45) is 2.66. The summed E-state index contributed by atoms with van der Waals surface area (Å²) in [7, 11) is 3.27. The van der Waals surface area contributed by atoms with Gasteiger partial charge >= 0.3 is 0 Å². The third kappa shape index (κ3) is 3.64. The van der Waals surface area contributed by atoms with Gasteiger partial charge in [-0.1, -0.05) is 6.07 Å². The molecule has 6 heteroatoms. The molecule has 3 rings (SSSR count). The molecule has 0 radical (unpaired) electrons. The number of pyridine rings is 1. The summed E-state index contributed by atoms with van der Waals surface area (Å²) in [6, 6.07) is 13.3. The Morgan fingerprint density at radius 2 is 1.96 bits per heavy atom. The van der Waals surface area contributed by atoms with Crippen LogP contribution in [-0.2, 0) is 4.74 Å². The minimum atomic E-state index is -0.189. The first-order valence-electron chi connectivity index (χ1n) is 8.13. The fourth-order valence-corrected chi connectivity index (χ4v) is 2.68. The predicted molar refractivity (Wildman–Crippen MR) is 96.0 cm³/mol. The van der Waals surface area contributed by atoms with Gasteiger partial charge in [-0.05, 0) is 42.8 Å². The lowest BCUT2D eigenvalue weighted by atomic mass is 10.1. The number of hydrogen-bond donors (Lipinski definition) is 1. The minimum absolute atomic E-state index is 0.189. The topological polar surface area (TPSA) is 64.9 Å². The van der Waals surface area contributed by atoms with E-state index in [1.807, 2.05) is 53.1 Å². The van der Waals surface area contributed by atoms with Gasteiger partial charge < -0.3 is 14.8 Å². The summed E-state index contributed by atoms with van der Waals surface area (Å²) < 4.78 is 12.1. The molecule has 2 heterocycles. The predicted octanol–water partition coefficient (Wildman–Crippen LogP) is 2.78. The highest BCUT2D eigenvalue weighted by atomic mass is 16.5. The fourth-order valence-electron chi connectivity index (χ4n) is 2.68. The standard InChI is InChI=1S/C19H21N3O3/c1-24-13-5-11-20-19(23)17-18(14-7-9-15(25-2)10-8-14)22-12-4-3-6-16(22)21-17/h3-4,6-10,12H,5,11,13H2,1-2H3,(H,20,23). The Bertz CT molecular complexity index is 856. The van der Waals surface area contributed by atoms with E-state index in [9.17, 15) is 4.79 Å². The molecule has 0 saturated heterocycles. The van der Waals surface area contributed by atoms with E-state index in [0.717, 1.165) is 29.1 Å². The van der Waals surface area contributed by atoms with Crippen molar-refractivity contribution in [2.45, 2.75) is 6.42 Å². The third-order valence-electron chi connectivity index (χ3n) is 3.92. The number of methoxy groups -OCH3 is 2. The van der Waals surface area contributed by atoms with Gasteiger partial charge in [-0.15, -0.1) is 0 Å². The molecule has 0 fully saturated rings. The number of carbonyl (C=O) groups excluding carboxylic acids is 1. The van der Waals surface area contributed by atoms with Gasteiger partial charge in [0.25, 0.3) is 5.91 Å². The van der Waals surface area contributed by atoms with Gasteiger partial charge in [0.05, 0.1) is 12.8 Å². The van der Waals surface area contributed by atoms with Crippen LogP contribution >= 0.6 is 0 Å². The lowest BCUT2D eigenvalue weighted by Gasteiger charge is -2.07. The number of nitrogens with one attached hydrogen (secondary N) is 1. The van der Waals surface area contributed by atoms with Crippen molar-refractivity contribution in [2.75, 3.05) is 27.4 Å². The van der Waals surface area contributed by atoms with Gasteiger partial charge in [0.1, 0.15) is 11.4 Å². The summed E-state index contributed by atoms with van der Waals surface area (Å²) in [5.74, 6) is 0.578. The molecule has 6 nitrogen and oxygen atoms in total. The highest BCUT2D eigenvalue weighted by Crippen LogP contribution is 2.27. The van der Waals surface area contributed by atoms with Crippen molar-refractivity contribution in [2.24, 2.45) is 0 Å². The monoisotopic (exact) mass is 339 g/mol. The van der Waals surface area contributed by atoms with Crippen molar-refractivity contribution in [3.05, 3.63) is 54.4 Å². The van der Waals surface area contributed by atoms with Crippen LogP contribution in [0.25, 0.3) is 16.9 Å². The molecular formula is C19H21N3O3. The lowest BCUT2D eigenvalue weighted by Crippen LogP contribution is -2.26. The smallest absolute Gasteiger partial charge is 0.272 e. The number of imidazole rings is 1. The maximum absolute atomic E-state index is 12.6. The molecular weight excluding hydrogens is 318 g/mol. The fraction of sp³-hybridized carbons (Fsp3) is 0.263. The zero-order valence-corrected chi connectivity index (χ0v) is 14.4. The van der Waals surface area contributed by atoms with E-state index in [4.69, 9.17) is 9.47 Å². The van der Waals surface area contributed by atoms with Gasteiger partial charge in [0.15, 0.2) is 5.69 Å². The largest absolute Gasteiger partial charge is 0.497 e. The zero-order valence-electron chi connectivity index (χ0n) is 14.4. The van der Waals surface area contributed by atoms with Crippen LogP contribution in [0.2, 0.25) is 0 Å². The molecule has 25 heavy (non-hydrogen) atoms. The Balaban J connectivity index is 1.98. The van der Waals surface area contributed by atoms with Gasteiger partial charge in [0.2, 0.25) is 0 Å². The molecule has 0 bridgehead atoms. The SMILES string of the molecule is COCCCNC(=O)c1nc2ccccn2c1-c1ccc(OC)cc1. The number of amides is 1. The second-order valence-electron chi connectivity index (χ2n) is 5.57. The second kappa shape index (κ2) is 7.81. The minimum Gasteiger partial charge on any atom is -0.497 e. The van der Waals surface area contributed by atoms with E-state index in [1.54, 1.807) is 14.2 Å². The van der Waals surface area contributed by atoms with Gasteiger partial charge in [-0.3, -0.25) is 9.20 Å². The van der Waals surface area contributed by atoms with E-state index < -0.39 is 0 Å². The van der Waals surface area contributed by atoms with Crippen LogP contribution in [0.1, 0.15) is 16.9 Å². The number of fused-ring (bicyclic) bond motifs is 1. The Kier molecular flexibility index (Phi) is 5.30. The van der Waals surface area contributed by atoms with Crippen molar-refractivity contribution in [1.29, 1.82) is 0 Å². The lowest BCUT2D eigenvalue weighted by molar-refractivity contribution is 0.0945. The van der Waals surface area contributed by atoms with Crippen LogP contribution in [0.5, 0.6) is 5.75 Å². The number of ether oxygens (including phenoxy) is 2. The molecule has 1 aromatic carbocycles. The first-order valence-corrected chi connectivity index (χ1v) is 8.13. The number of hydrogen-bond acceptors (Lipinski definition) is 4. The van der Waals surface area contributed by atoms with Crippen molar-refractivity contribution >= 4 is 11.6 Å². The normalized spacial score (nSPS) is 10.8. The van der Waals surface area contributed by atoms with Crippen LogP contribution in [0.3, 0.4) is 0 Å². The average Bonchev–Trinajstić information content (AvgIpc) is 3.05. The summed E-state index contributed by atoms with van der Waals surface area (Å²) in [5, 5.41) is 2.91. The number of carbonyl (C=O) groups is 1. The van der Waals surface area contributed by atoms with Crippen LogP contribution in [0.15, 0.2) is 48.7 Å². The average molecular weight is 339 g/mol. The van der Waals surface area contributed by atoms with E-state index in [-0.39, 0.29) is 5.91 Å². The van der Waals surface area contributed by atoms with Crippen molar-refractivity contribution < 1.29 is 14.3 Å².